The zero-order valence-corrected chi connectivity index (χ0v) is 10.2. The molecule has 1 aromatic rings. The second-order valence-corrected chi connectivity index (χ2v) is 4.98. The summed E-state index contributed by atoms with van der Waals surface area (Å²) < 4.78 is 0. The molecule has 5 nitrogen and oxygen atoms in total. The van der Waals surface area contributed by atoms with Crippen molar-refractivity contribution < 1.29 is 15.3 Å². The number of piperidine rings is 1. The summed E-state index contributed by atoms with van der Waals surface area (Å²) in [5.74, 6) is 0. The molecule has 0 radical (unpaired) electrons. The molecule has 3 atom stereocenters. The van der Waals surface area contributed by atoms with Gasteiger partial charge in [-0.05, 0) is 5.56 Å². The van der Waals surface area contributed by atoms with Crippen LogP contribution in [0.25, 0.3) is 0 Å². The summed E-state index contributed by atoms with van der Waals surface area (Å²) in [6.45, 7) is 1.14. The topological polar surface area (TPSA) is 90.0 Å². The van der Waals surface area contributed by atoms with Gasteiger partial charge in [0.2, 0.25) is 0 Å². The van der Waals surface area contributed by atoms with E-state index in [9.17, 15) is 15.3 Å². The van der Waals surface area contributed by atoms with E-state index >= 15 is 0 Å². The van der Waals surface area contributed by atoms with Gasteiger partial charge in [-0.15, -0.1) is 0 Å². The van der Waals surface area contributed by atoms with Crippen molar-refractivity contribution in [3.05, 3.63) is 35.9 Å². The highest BCUT2D eigenvalue weighted by Gasteiger charge is 2.44. The molecule has 100 valence electrons. The number of nitrogens with two attached hydrogens (primary N) is 1. The maximum Gasteiger partial charge on any atom is 0.118 e. The lowest BCUT2D eigenvalue weighted by molar-refractivity contribution is -0.167. The van der Waals surface area contributed by atoms with Crippen LogP contribution < -0.4 is 5.73 Å². The van der Waals surface area contributed by atoms with Gasteiger partial charge in [0, 0.05) is 26.2 Å². The van der Waals surface area contributed by atoms with Gasteiger partial charge in [0.1, 0.15) is 11.7 Å². The van der Waals surface area contributed by atoms with E-state index in [1.807, 2.05) is 35.2 Å². The molecule has 1 aliphatic heterocycles. The Morgan fingerprint density at radius 2 is 1.94 bits per heavy atom. The fraction of sp³-hybridized carbons (Fsp3) is 0.538. The van der Waals surface area contributed by atoms with Gasteiger partial charge in [-0.1, -0.05) is 30.3 Å². The van der Waals surface area contributed by atoms with Crippen molar-refractivity contribution in [2.45, 2.75) is 24.4 Å². The van der Waals surface area contributed by atoms with E-state index in [-0.39, 0.29) is 13.1 Å². The predicted octanol–water partition coefficient (Wildman–Crippen LogP) is -1.09. The molecule has 0 saturated carbocycles. The van der Waals surface area contributed by atoms with Gasteiger partial charge in [0.25, 0.3) is 0 Å². The Balaban J connectivity index is 2.07. The highest BCUT2D eigenvalue weighted by Crippen LogP contribution is 2.22. The molecule has 1 aliphatic rings. The van der Waals surface area contributed by atoms with Crippen LogP contribution in [-0.4, -0.2) is 57.7 Å². The maximum atomic E-state index is 10.2. The third-order valence-corrected chi connectivity index (χ3v) is 3.46. The van der Waals surface area contributed by atoms with Crippen molar-refractivity contribution >= 4 is 0 Å². The molecule has 1 aromatic carbocycles. The minimum absolute atomic E-state index is 0.0729. The number of β-amino-alcohol motifs (C(OH)–C–C–N with tert-alkyl or cyclic N) is 2. The van der Waals surface area contributed by atoms with E-state index in [1.165, 1.54) is 0 Å². The molecule has 0 unspecified atom stereocenters. The van der Waals surface area contributed by atoms with Crippen LogP contribution in [-0.2, 0) is 6.54 Å². The molecule has 1 heterocycles. The molecule has 0 amide bonds. The average molecular weight is 252 g/mol. The minimum atomic E-state index is -1.44. The van der Waals surface area contributed by atoms with E-state index in [0.29, 0.717) is 13.1 Å². The first kappa shape index (κ1) is 13.5. The Morgan fingerprint density at radius 3 is 2.56 bits per heavy atom. The summed E-state index contributed by atoms with van der Waals surface area (Å²) in [4.78, 5) is 1.90. The van der Waals surface area contributed by atoms with Crippen LogP contribution in [0.1, 0.15) is 5.56 Å². The Hall–Kier alpha value is -0.980. The normalized spacial score (nSPS) is 33.6. The van der Waals surface area contributed by atoms with E-state index in [0.717, 1.165) is 5.56 Å². The number of aliphatic hydroxyl groups excluding tert-OH is 2. The van der Waals surface area contributed by atoms with Crippen molar-refractivity contribution in [1.29, 1.82) is 0 Å². The molecule has 18 heavy (non-hydrogen) atoms. The molecule has 0 aliphatic carbocycles. The van der Waals surface area contributed by atoms with Crippen LogP contribution in [0.2, 0.25) is 0 Å². The third kappa shape index (κ3) is 2.71. The number of nitrogens with zero attached hydrogens (tertiary/aromatic N) is 1. The predicted molar refractivity (Wildman–Crippen MR) is 67.7 cm³/mol. The molecule has 5 N–H and O–H groups in total. The number of hydrogen-bond donors (Lipinski definition) is 4. The van der Waals surface area contributed by atoms with Crippen molar-refractivity contribution in [1.82, 2.24) is 4.90 Å². The summed E-state index contributed by atoms with van der Waals surface area (Å²) in [5, 5.41) is 29.8. The average Bonchev–Trinajstić information content (AvgIpc) is 2.37. The Bertz CT molecular complexity index is 387. The van der Waals surface area contributed by atoms with Crippen LogP contribution in [0.5, 0.6) is 0 Å². The molecule has 1 fully saturated rings. The maximum absolute atomic E-state index is 10.2. The number of benzene rings is 1. The number of likely N-dealkylation sites (tertiary alicyclic amines) is 1. The first-order valence-electron chi connectivity index (χ1n) is 6.10. The van der Waals surface area contributed by atoms with Gasteiger partial charge in [0.15, 0.2) is 0 Å². The zero-order valence-electron chi connectivity index (χ0n) is 10.2. The van der Waals surface area contributed by atoms with Gasteiger partial charge < -0.3 is 21.1 Å². The highest BCUT2D eigenvalue weighted by molar-refractivity contribution is 5.15. The largest absolute Gasteiger partial charge is 0.389 e. The third-order valence-electron chi connectivity index (χ3n) is 3.46. The molecule has 1 saturated heterocycles. The second-order valence-electron chi connectivity index (χ2n) is 4.98. The van der Waals surface area contributed by atoms with Crippen molar-refractivity contribution in [3.63, 3.8) is 0 Å². The lowest BCUT2D eigenvalue weighted by Gasteiger charge is -2.44. The molecule has 0 aromatic heterocycles. The van der Waals surface area contributed by atoms with E-state index in [1.54, 1.807) is 0 Å². The molecule has 5 heteroatoms. The highest BCUT2D eigenvalue weighted by atomic mass is 16.4. The van der Waals surface area contributed by atoms with E-state index in [4.69, 9.17) is 5.73 Å². The number of aliphatic hydroxyl groups is 3. The summed E-state index contributed by atoms with van der Waals surface area (Å²) in [7, 11) is 0. The van der Waals surface area contributed by atoms with Crippen molar-refractivity contribution in [2.24, 2.45) is 5.73 Å². The lowest BCUT2D eigenvalue weighted by Crippen LogP contribution is -2.66. The van der Waals surface area contributed by atoms with E-state index < -0.39 is 17.8 Å². The smallest absolute Gasteiger partial charge is 0.118 e. The van der Waals surface area contributed by atoms with E-state index in [2.05, 4.69) is 0 Å². The van der Waals surface area contributed by atoms with Crippen LogP contribution in [0.3, 0.4) is 0 Å². The standard InChI is InChI=1S/C13H20N2O3/c14-8-13(18)9-15(7-11(16)12(13)17)6-10-4-2-1-3-5-10/h1-5,11-12,16-18H,6-9,14H2/t11-,12+,13+/m1/s1. The van der Waals surface area contributed by atoms with Crippen molar-refractivity contribution in [2.75, 3.05) is 19.6 Å². The first-order chi connectivity index (χ1) is 8.55. The van der Waals surface area contributed by atoms with Gasteiger partial charge in [-0.25, -0.2) is 0 Å². The van der Waals surface area contributed by atoms with Crippen LogP contribution in [0.15, 0.2) is 30.3 Å². The molecule has 0 bridgehead atoms. The Labute approximate surface area is 106 Å². The summed E-state index contributed by atoms with van der Waals surface area (Å²) in [6, 6.07) is 9.80. The first-order valence-corrected chi connectivity index (χ1v) is 6.10. The molecular weight excluding hydrogens is 232 g/mol. The number of rotatable bonds is 3. The Morgan fingerprint density at radius 1 is 1.28 bits per heavy atom. The SMILES string of the molecule is NC[C@]1(O)CN(Cc2ccccc2)C[C@@H](O)[C@@H]1O. The van der Waals surface area contributed by atoms with Crippen LogP contribution in [0.4, 0.5) is 0 Å². The lowest BCUT2D eigenvalue weighted by atomic mass is 9.87. The van der Waals surface area contributed by atoms with Gasteiger partial charge in [0.05, 0.1) is 6.10 Å². The Kier molecular flexibility index (Phi) is 3.99. The zero-order chi connectivity index (χ0) is 13.2. The molecular formula is C13H20N2O3. The van der Waals surface area contributed by atoms with Gasteiger partial charge in [-0.2, -0.15) is 0 Å². The number of hydrogen-bond acceptors (Lipinski definition) is 5. The van der Waals surface area contributed by atoms with Gasteiger partial charge >= 0.3 is 0 Å². The van der Waals surface area contributed by atoms with Gasteiger partial charge in [-0.3, -0.25) is 4.90 Å². The fourth-order valence-corrected chi connectivity index (χ4v) is 2.42. The summed E-state index contributed by atoms with van der Waals surface area (Å²) in [5.41, 5.74) is 5.16. The van der Waals surface area contributed by atoms with Crippen LogP contribution in [0, 0.1) is 0 Å². The van der Waals surface area contributed by atoms with Crippen LogP contribution >= 0.6 is 0 Å². The quantitative estimate of drug-likeness (QED) is 0.549. The molecule has 0 spiro atoms. The minimum Gasteiger partial charge on any atom is -0.389 e. The monoisotopic (exact) mass is 252 g/mol. The van der Waals surface area contributed by atoms with Crippen molar-refractivity contribution in [3.8, 4) is 0 Å². The second kappa shape index (κ2) is 5.34. The fourth-order valence-electron chi connectivity index (χ4n) is 2.42. The summed E-state index contributed by atoms with van der Waals surface area (Å²) >= 11 is 0. The summed E-state index contributed by atoms with van der Waals surface area (Å²) in [6.07, 6.45) is -2.16. The molecule has 2 rings (SSSR count).